The molecule has 8 nitrogen and oxygen atoms in total. The van der Waals surface area contributed by atoms with Gasteiger partial charge in [-0.05, 0) is 5.92 Å². The molecule has 2 aromatic rings. The van der Waals surface area contributed by atoms with Gasteiger partial charge < -0.3 is 9.63 Å². The summed E-state index contributed by atoms with van der Waals surface area (Å²) >= 11 is 0. The van der Waals surface area contributed by atoms with Crippen molar-refractivity contribution in [3.8, 4) is 0 Å². The fourth-order valence-corrected chi connectivity index (χ4v) is 1.79. The number of nitrogens with zero attached hydrogens (tertiary/aromatic N) is 5. The van der Waals surface area contributed by atoms with Gasteiger partial charge in [-0.25, -0.2) is 9.48 Å². The van der Waals surface area contributed by atoms with Gasteiger partial charge in [0, 0.05) is 6.42 Å². The molecule has 8 heteroatoms. The van der Waals surface area contributed by atoms with Gasteiger partial charge >= 0.3 is 5.97 Å². The molecule has 0 fully saturated rings. The molecule has 2 rings (SSSR count). The Balaban J connectivity index is 2.32. The Kier molecular flexibility index (Phi) is 3.59. The van der Waals surface area contributed by atoms with Gasteiger partial charge in [0.1, 0.15) is 6.54 Å². The van der Waals surface area contributed by atoms with Crippen LogP contribution in [0.1, 0.15) is 54.6 Å². The number of carboxylic acid groups (broad SMARTS) is 1. The molecule has 2 heterocycles. The molecule has 19 heavy (non-hydrogen) atoms. The first-order valence-corrected chi connectivity index (χ1v) is 6.01. The molecule has 0 saturated heterocycles. The van der Waals surface area contributed by atoms with Crippen molar-refractivity contribution in [2.75, 3.05) is 0 Å². The van der Waals surface area contributed by atoms with Gasteiger partial charge in [-0.1, -0.05) is 31.1 Å². The van der Waals surface area contributed by atoms with Gasteiger partial charge in [0.05, 0.1) is 5.69 Å². The van der Waals surface area contributed by atoms with Gasteiger partial charge in [-0.3, -0.25) is 0 Å². The molecule has 0 amide bonds. The van der Waals surface area contributed by atoms with Crippen LogP contribution in [0.4, 0.5) is 0 Å². The summed E-state index contributed by atoms with van der Waals surface area (Å²) in [7, 11) is 0. The van der Waals surface area contributed by atoms with Gasteiger partial charge in [0.25, 0.3) is 0 Å². The maximum Gasteiger partial charge on any atom is 0.358 e. The first-order chi connectivity index (χ1) is 9.02. The standard InChI is InChI=1S/C11H15N5O3/c1-4-7-12-8(19-14-7)5-16-10(6(2)3)9(11(17)18)13-15-16/h6H,4-5H2,1-3H3,(H,17,18). The van der Waals surface area contributed by atoms with Crippen LogP contribution >= 0.6 is 0 Å². The van der Waals surface area contributed by atoms with Gasteiger partial charge in [-0.2, -0.15) is 4.98 Å². The van der Waals surface area contributed by atoms with Crippen LogP contribution in [0.15, 0.2) is 4.52 Å². The zero-order chi connectivity index (χ0) is 14.0. The summed E-state index contributed by atoms with van der Waals surface area (Å²) in [4.78, 5) is 15.2. The number of hydrogen-bond acceptors (Lipinski definition) is 6. The van der Waals surface area contributed by atoms with Crippen molar-refractivity contribution >= 4 is 5.97 Å². The smallest absolute Gasteiger partial charge is 0.358 e. The van der Waals surface area contributed by atoms with Crippen molar-refractivity contribution < 1.29 is 14.4 Å². The zero-order valence-electron chi connectivity index (χ0n) is 11.0. The van der Waals surface area contributed by atoms with E-state index in [-0.39, 0.29) is 18.2 Å². The summed E-state index contributed by atoms with van der Waals surface area (Å²) in [5, 5.41) is 20.4. The van der Waals surface area contributed by atoms with E-state index in [0.717, 1.165) is 0 Å². The van der Waals surface area contributed by atoms with Crippen LogP contribution in [0.2, 0.25) is 0 Å². The van der Waals surface area contributed by atoms with Crippen LogP contribution in [-0.2, 0) is 13.0 Å². The minimum atomic E-state index is -1.09. The number of aryl methyl sites for hydroxylation is 1. The first-order valence-electron chi connectivity index (χ1n) is 6.01. The molecular weight excluding hydrogens is 250 g/mol. The third-order valence-corrected chi connectivity index (χ3v) is 2.63. The lowest BCUT2D eigenvalue weighted by molar-refractivity contribution is 0.0688. The minimum absolute atomic E-state index is 0.0188. The summed E-state index contributed by atoms with van der Waals surface area (Å²) in [5.74, 6) is -0.107. The highest BCUT2D eigenvalue weighted by Crippen LogP contribution is 2.18. The predicted octanol–water partition coefficient (Wildman–Crippen LogP) is 1.09. The topological polar surface area (TPSA) is 107 Å². The monoisotopic (exact) mass is 265 g/mol. The van der Waals surface area contributed by atoms with E-state index in [1.54, 1.807) is 0 Å². The number of aromatic carboxylic acids is 1. The Hall–Kier alpha value is -2.25. The average molecular weight is 265 g/mol. The van der Waals surface area contributed by atoms with Crippen LogP contribution in [0.25, 0.3) is 0 Å². The van der Waals surface area contributed by atoms with E-state index in [2.05, 4.69) is 20.5 Å². The fourth-order valence-electron chi connectivity index (χ4n) is 1.79. The molecule has 0 aliphatic heterocycles. The number of carboxylic acids is 1. The molecule has 0 radical (unpaired) electrons. The maximum atomic E-state index is 11.1. The predicted molar refractivity (Wildman–Crippen MR) is 63.8 cm³/mol. The van der Waals surface area contributed by atoms with E-state index < -0.39 is 5.97 Å². The van der Waals surface area contributed by atoms with Crippen molar-refractivity contribution in [2.45, 2.75) is 39.7 Å². The lowest BCUT2D eigenvalue weighted by Gasteiger charge is -2.07. The van der Waals surface area contributed by atoms with E-state index in [0.29, 0.717) is 23.8 Å². The van der Waals surface area contributed by atoms with Crippen LogP contribution in [-0.4, -0.2) is 36.2 Å². The molecule has 0 spiro atoms. The largest absolute Gasteiger partial charge is 0.476 e. The van der Waals surface area contributed by atoms with E-state index in [9.17, 15) is 4.79 Å². The van der Waals surface area contributed by atoms with Gasteiger partial charge in [-0.15, -0.1) is 5.10 Å². The van der Waals surface area contributed by atoms with Crippen LogP contribution < -0.4 is 0 Å². The second-order valence-electron chi connectivity index (χ2n) is 4.40. The fraction of sp³-hybridized carbons (Fsp3) is 0.545. The Morgan fingerprint density at radius 2 is 2.21 bits per heavy atom. The second-order valence-corrected chi connectivity index (χ2v) is 4.40. The Morgan fingerprint density at radius 3 is 2.74 bits per heavy atom. The van der Waals surface area contributed by atoms with Crippen LogP contribution in [0.3, 0.4) is 0 Å². The summed E-state index contributed by atoms with van der Waals surface area (Å²) in [6.45, 7) is 5.91. The molecule has 0 unspecified atom stereocenters. The summed E-state index contributed by atoms with van der Waals surface area (Å²) in [5.41, 5.74) is 0.508. The average Bonchev–Trinajstić information content (AvgIpc) is 2.95. The van der Waals surface area contributed by atoms with Crippen molar-refractivity contribution in [3.63, 3.8) is 0 Å². The Labute approximate surface area is 109 Å². The molecule has 0 aliphatic rings. The van der Waals surface area contributed by atoms with Crippen molar-refractivity contribution in [1.82, 2.24) is 25.1 Å². The first kappa shape index (κ1) is 13.2. The van der Waals surface area contributed by atoms with E-state index in [4.69, 9.17) is 9.63 Å². The van der Waals surface area contributed by atoms with E-state index in [1.807, 2.05) is 20.8 Å². The molecule has 0 bridgehead atoms. The quantitative estimate of drug-likeness (QED) is 0.862. The minimum Gasteiger partial charge on any atom is -0.476 e. The molecule has 0 aliphatic carbocycles. The molecule has 102 valence electrons. The highest BCUT2D eigenvalue weighted by Gasteiger charge is 2.22. The molecule has 0 saturated carbocycles. The number of hydrogen-bond donors (Lipinski definition) is 1. The lowest BCUT2D eigenvalue weighted by Crippen LogP contribution is -2.11. The normalized spacial score (nSPS) is 11.2. The van der Waals surface area contributed by atoms with Gasteiger partial charge in [0.15, 0.2) is 11.5 Å². The van der Waals surface area contributed by atoms with Crippen molar-refractivity contribution in [1.29, 1.82) is 0 Å². The van der Waals surface area contributed by atoms with Crippen LogP contribution in [0, 0.1) is 0 Å². The molecule has 0 atom stereocenters. The highest BCUT2D eigenvalue weighted by atomic mass is 16.5. The molecule has 0 aromatic carbocycles. The number of aromatic nitrogens is 5. The number of carbonyl (C=O) groups is 1. The highest BCUT2D eigenvalue weighted by molar-refractivity contribution is 5.86. The summed E-state index contributed by atoms with van der Waals surface area (Å²) in [6.07, 6.45) is 0.679. The summed E-state index contributed by atoms with van der Waals surface area (Å²) < 4.78 is 6.55. The third kappa shape index (κ3) is 2.61. The van der Waals surface area contributed by atoms with E-state index in [1.165, 1.54) is 4.68 Å². The molecule has 1 N–H and O–H groups in total. The van der Waals surface area contributed by atoms with Crippen LogP contribution in [0.5, 0.6) is 0 Å². The van der Waals surface area contributed by atoms with Crippen molar-refractivity contribution in [2.24, 2.45) is 0 Å². The van der Waals surface area contributed by atoms with Gasteiger partial charge in [0.2, 0.25) is 5.89 Å². The maximum absolute atomic E-state index is 11.1. The molecular formula is C11H15N5O3. The summed E-state index contributed by atoms with van der Waals surface area (Å²) in [6, 6.07) is 0. The molecule has 2 aromatic heterocycles. The lowest BCUT2D eigenvalue weighted by atomic mass is 10.1. The Bertz CT molecular complexity index is 587. The third-order valence-electron chi connectivity index (χ3n) is 2.63. The SMILES string of the molecule is CCc1noc(Cn2nnc(C(=O)O)c2C(C)C)n1. The zero-order valence-corrected chi connectivity index (χ0v) is 11.0. The van der Waals surface area contributed by atoms with Crippen molar-refractivity contribution in [3.05, 3.63) is 23.1 Å². The van der Waals surface area contributed by atoms with E-state index >= 15 is 0 Å². The number of rotatable bonds is 5. The Morgan fingerprint density at radius 1 is 1.47 bits per heavy atom. The second kappa shape index (κ2) is 5.17.